The summed E-state index contributed by atoms with van der Waals surface area (Å²) in [5.41, 5.74) is 0. The summed E-state index contributed by atoms with van der Waals surface area (Å²) in [5.74, 6) is 0. The molecule has 1 saturated heterocycles. The molecule has 2 heteroatoms. The number of piperidine rings is 1. The first-order valence-corrected chi connectivity index (χ1v) is 6.49. The third kappa shape index (κ3) is 15.1. The van der Waals surface area contributed by atoms with Gasteiger partial charge in [-0.15, -0.1) is 0 Å². The van der Waals surface area contributed by atoms with Crippen LogP contribution in [0.5, 0.6) is 0 Å². The van der Waals surface area contributed by atoms with Gasteiger partial charge in [0.05, 0.1) is 6.10 Å². The van der Waals surface area contributed by atoms with E-state index in [1.54, 1.807) is 13.2 Å². The fraction of sp³-hybridized carbons (Fsp3) is 0.600. The van der Waals surface area contributed by atoms with Crippen LogP contribution < -0.4 is 5.32 Å². The lowest BCUT2D eigenvalue weighted by atomic mass is 10.1. The molecule has 0 aliphatic carbocycles. The van der Waals surface area contributed by atoms with E-state index >= 15 is 0 Å². The van der Waals surface area contributed by atoms with Gasteiger partial charge in [0.15, 0.2) is 0 Å². The van der Waals surface area contributed by atoms with Crippen LogP contribution in [0.3, 0.4) is 0 Å². The lowest BCUT2D eigenvalue weighted by Gasteiger charge is -2.20. The van der Waals surface area contributed by atoms with Crippen LogP contribution in [-0.4, -0.2) is 26.3 Å². The van der Waals surface area contributed by atoms with E-state index in [0.29, 0.717) is 6.10 Å². The SMILES string of the molecule is C=C/C=C\C=C/C.CC.CO[C@H]1CCCNC1. The summed E-state index contributed by atoms with van der Waals surface area (Å²) in [4.78, 5) is 0. The molecule has 0 unspecified atom stereocenters. The molecule has 1 aliphatic heterocycles. The summed E-state index contributed by atoms with van der Waals surface area (Å²) in [6.07, 6.45) is 12.5. The van der Waals surface area contributed by atoms with Gasteiger partial charge in [0, 0.05) is 13.7 Å². The van der Waals surface area contributed by atoms with E-state index in [-0.39, 0.29) is 0 Å². The Morgan fingerprint density at radius 1 is 1.24 bits per heavy atom. The predicted octanol–water partition coefficient (Wildman–Crippen LogP) is 3.72. The number of hydrogen-bond acceptors (Lipinski definition) is 2. The molecule has 17 heavy (non-hydrogen) atoms. The van der Waals surface area contributed by atoms with Gasteiger partial charge in [-0.3, -0.25) is 0 Å². The van der Waals surface area contributed by atoms with E-state index in [9.17, 15) is 0 Å². The standard InChI is InChI=1S/C7H10.C6H13NO.C2H6/c1-3-5-7-6-4-2;1-8-6-3-2-4-7-5-6;1-2/h3-7H,1H2,2H3;6-7H,2-5H2,1H3;1-2H3/b6-4-,7-5-;;/t;6-;/m.0./s1. The highest BCUT2D eigenvalue weighted by molar-refractivity contribution is 5.07. The summed E-state index contributed by atoms with van der Waals surface area (Å²) in [6.45, 7) is 11.7. The maximum atomic E-state index is 5.13. The summed E-state index contributed by atoms with van der Waals surface area (Å²) < 4.78 is 5.13. The Hall–Kier alpha value is -0.860. The third-order valence-corrected chi connectivity index (χ3v) is 2.14. The van der Waals surface area contributed by atoms with Crippen molar-refractivity contribution in [2.75, 3.05) is 20.2 Å². The molecule has 0 saturated carbocycles. The minimum Gasteiger partial charge on any atom is -0.380 e. The molecule has 0 bridgehead atoms. The molecule has 1 fully saturated rings. The zero-order valence-corrected chi connectivity index (χ0v) is 11.9. The molecule has 0 aromatic heterocycles. The first-order valence-electron chi connectivity index (χ1n) is 6.49. The van der Waals surface area contributed by atoms with Crippen LogP contribution >= 0.6 is 0 Å². The van der Waals surface area contributed by atoms with Gasteiger partial charge < -0.3 is 10.1 Å². The molecule has 2 nitrogen and oxygen atoms in total. The second-order valence-electron chi connectivity index (χ2n) is 3.35. The van der Waals surface area contributed by atoms with Gasteiger partial charge in [-0.05, 0) is 26.3 Å². The normalized spacial score (nSPS) is 19.2. The van der Waals surface area contributed by atoms with Crippen LogP contribution in [0.25, 0.3) is 0 Å². The van der Waals surface area contributed by atoms with Crippen LogP contribution in [0.1, 0.15) is 33.6 Å². The van der Waals surface area contributed by atoms with Crippen molar-refractivity contribution in [2.24, 2.45) is 0 Å². The summed E-state index contributed by atoms with van der Waals surface area (Å²) in [7, 11) is 1.78. The van der Waals surface area contributed by atoms with Gasteiger partial charge in [-0.2, -0.15) is 0 Å². The zero-order valence-electron chi connectivity index (χ0n) is 11.9. The second kappa shape index (κ2) is 17.5. The minimum absolute atomic E-state index is 0.476. The average Bonchev–Trinajstić information content (AvgIpc) is 2.43. The number of allylic oxidation sites excluding steroid dienone is 5. The molecule has 0 aromatic carbocycles. The Morgan fingerprint density at radius 2 is 1.94 bits per heavy atom. The van der Waals surface area contributed by atoms with Crippen molar-refractivity contribution in [1.29, 1.82) is 0 Å². The van der Waals surface area contributed by atoms with E-state index in [1.165, 1.54) is 19.4 Å². The van der Waals surface area contributed by atoms with Crippen molar-refractivity contribution >= 4 is 0 Å². The topological polar surface area (TPSA) is 21.3 Å². The predicted molar refractivity (Wildman–Crippen MR) is 78.4 cm³/mol. The fourth-order valence-electron chi connectivity index (χ4n) is 1.27. The van der Waals surface area contributed by atoms with Crippen LogP contribution in [0.15, 0.2) is 37.0 Å². The summed E-state index contributed by atoms with van der Waals surface area (Å²) >= 11 is 0. The van der Waals surface area contributed by atoms with Gasteiger partial charge in [0.1, 0.15) is 0 Å². The van der Waals surface area contributed by atoms with Crippen molar-refractivity contribution in [3.05, 3.63) is 37.0 Å². The van der Waals surface area contributed by atoms with Gasteiger partial charge in [0.2, 0.25) is 0 Å². The van der Waals surface area contributed by atoms with Gasteiger partial charge in [0.25, 0.3) is 0 Å². The van der Waals surface area contributed by atoms with Crippen molar-refractivity contribution in [2.45, 2.75) is 39.7 Å². The Labute approximate surface area is 107 Å². The molecular weight excluding hydrogens is 210 g/mol. The van der Waals surface area contributed by atoms with E-state index < -0.39 is 0 Å². The van der Waals surface area contributed by atoms with Crippen molar-refractivity contribution < 1.29 is 4.74 Å². The molecule has 1 atom stereocenters. The second-order valence-corrected chi connectivity index (χ2v) is 3.35. The molecule has 1 rings (SSSR count). The van der Waals surface area contributed by atoms with E-state index in [2.05, 4.69) is 11.9 Å². The molecular formula is C15H29NO. The lowest BCUT2D eigenvalue weighted by molar-refractivity contribution is 0.0810. The van der Waals surface area contributed by atoms with Crippen molar-refractivity contribution in [3.63, 3.8) is 0 Å². The first kappa shape index (κ1) is 18.5. The molecule has 100 valence electrons. The lowest BCUT2D eigenvalue weighted by Crippen LogP contribution is -2.34. The van der Waals surface area contributed by atoms with E-state index in [4.69, 9.17) is 4.74 Å². The molecule has 0 radical (unpaired) electrons. The highest BCUT2D eigenvalue weighted by atomic mass is 16.5. The molecule has 1 heterocycles. The largest absolute Gasteiger partial charge is 0.380 e. The summed E-state index contributed by atoms with van der Waals surface area (Å²) in [5, 5.41) is 3.26. The Bertz CT molecular complexity index is 191. The number of hydrogen-bond donors (Lipinski definition) is 1. The fourth-order valence-corrected chi connectivity index (χ4v) is 1.27. The maximum Gasteiger partial charge on any atom is 0.0696 e. The van der Waals surface area contributed by atoms with Gasteiger partial charge >= 0.3 is 0 Å². The third-order valence-electron chi connectivity index (χ3n) is 2.14. The number of rotatable bonds is 3. The molecule has 1 N–H and O–H groups in total. The average molecular weight is 239 g/mol. The minimum atomic E-state index is 0.476. The Morgan fingerprint density at radius 3 is 2.29 bits per heavy atom. The number of nitrogens with one attached hydrogen (secondary N) is 1. The van der Waals surface area contributed by atoms with Gasteiger partial charge in [-0.25, -0.2) is 0 Å². The van der Waals surface area contributed by atoms with E-state index in [0.717, 1.165) is 6.54 Å². The molecule has 0 aromatic rings. The van der Waals surface area contributed by atoms with Crippen LogP contribution in [-0.2, 0) is 4.74 Å². The van der Waals surface area contributed by atoms with E-state index in [1.807, 2.05) is 45.1 Å². The maximum absolute atomic E-state index is 5.13. The van der Waals surface area contributed by atoms with Crippen molar-refractivity contribution in [3.8, 4) is 0 Å². The van der Waals surface area contributed by atoms with Crippen LogP contribution in [0.4, 0.5) is 0 Å². The number of ether oxygens (including phenoxy) is 1. The highest BCUT2D eigenvalue weighted by Crippen LogP contribution is 2.03. The zero-order chi connectivity index (χ0) is 13.4. The summed E-state index contributed by atoms with van der Waals surface area (Å²) in [6, 6.07) is 0. The monoisotopic (exact) mass is 239 g/mol. The first-order chi connectivity index (χ1) is 8.35. The van der Waals surface area contributed by atoms with Crippen LogP contribution in [0.2, 0.25) is 0 Å². The van der Waals surface area contributed by atoms with Crippen LogP contribution in [0, 0.1) is 0 Å². The van der Waals surface area contributed by atoms with Crippen molar-refractivity contribution in [1.82, 2.24) is 5.32 Å². The van der Waals surface area contributed by atoms with Gasteiger partial charge in [-0.1, -0.05) is 50.8 Å². The highest BCUT2D eigenvalue weighted by Gasteiger charge is 2.09. The molecule has 0 amide bonds. The molecule has 0 spiro atoms. The quantitative estimate of drug-likeness (QED) is 0.758. The molecule has 1 aliphatic rings. The Balaban J connectivity index is 0. The Kier molecular flexibility index (Phi) is 19.1. The smallest absolute Gasteiger partial charge is 0.0696 e. The number of methoxy groups -OCH3 is 1.